The van der Waals surface area contributed by atoms with Crippen molar-refractivity contribution in [1.82, 2.24) is 9.97 Å². The van der Waals surface area contributed by atoms with Crippen molar-refractivity contribution in [3.05, 3.63) is 101 Å². The lowest BCUT2D eigenvalue weighted by atomic mass is 10.1. The lowest BCUT2D eigenvalue weighted by molar-refractivity contribution is -0.113. The van der Waals surface area contributed by atoms with Gasteiger partial charge in [0.05, 0.1) is 17.1 Å². The first-order valence-electron chi connectivity index (χ1n) is 9.59. The van der Waals surface area contributed by atoms with Crippen LogP contribution in [0.4, 0.5) is 5.69 Å². The highest BCUT2D eigenvalue weighted by molar-refractivity contribution is 7.99. The molecule has 0 spiro atoms. The first kappa shape index (κ1) is 20.4. The molecule has 0 fully saturated rings. The quantitative estimate of drug-likeness (QED) is 0.320. The van der Waals surface area contributed by atoms with E-state index in [2.05, 4.69) is 15.3 Å². The van der Waals surface area contributed by atoms with Gasteiger partial charge < -0.3 is 15.0 Å². The van der Waals surface area contributed by atoms with E-state index in [0.29, 0.717) is 28.0 Å². The Morgan fingerprint density at radius 3 is 2.39 bits per heavy atom. The number of carbonyl (C=O) groups is 1. The molecule has 0 bridgehead atoms. The van der Waals surface area contributed by atoms with Crippen LogP contribution in [0.3, 0.4) is 0 Å². The SMILES string of the molecule is O=C(CSc1nc(-c2ccccc2)cc(=O)[nH]1)Nc1ccccc1Oc1ccccc1. The lowest BCUT2D eigenvalue weighted by Crippen LogP contribution is -2.16. The Labute approximate surface area is 183 Å². The van der Waals surface area contributed by atoms with Crippen LogP contribution in [0.1, 0.15) is 0 Å². The topological polar surface area (TPSA) is 84.1 Å². The predicted molar refractivity (Wildman–Crippen MR) is 123 cm³/mol. The number of amides is 1. The summed E-state index contributed by atoms with van der Waals surface area (Å²) >= 11 is 1.16. The van der Waals surface area contributed by atoms with Gasteiger partial charge in [0.15, 0.2) is 10.9 Å². The second kappa shape index (κ2) is 9.77. The maximum Gasteiger partial charge on any atom is 0.252 e. The molecule has 0 unspecified atom stereocenters. The molecule has 0 aliphatic rings. The number of rotatable bonds is 7. The highest BCUT2D eigenvalue weighted by Gasteiger charge is 2.11. The van der Waals surface area contributed by atoms with Crippen molar-refractivity contribution in [3.63, 3.8) is 0 Å². The predicted octanol–water partition coefficient (Wildman–Crippen LogP) is 4.96. The van der Waals surface area contributed by atoms with Gasteiger partial charge in [0.2, 0.25) is 5.91 Å². The molecule has 0 atom stereocenters. The Balaban J connectivity index is 1.43. The number of carbonyl (C=O) groups excluding carboxylic acids is 1. The molecule has 6 nitrogen and oxygen atoms in total. The van der Waals surface area contributed by atoms with Crippen LogP contribution in [-0.2, 0) is 4.79 Å². The molecule has 0 aliphatic heterocycles. The number of aromatic nitrogens is 2. The fourth-order valence-corrected chi connectivity index (χ4v) is 3.53. The van der Waals surface area contributed by atoms with E-state index in [1.54, 1.807) is 12.1 Å². The van der Waals surface area contributed by atoms with Crippen molar-refractivity contribution < 1.29 is 9.53 Å². The first-order chi connectivity index (χ1) is 15.2. The molecule has 0 aliphatic carbocycles. The highest BCUT2D eigenvalue weighted by atomic mass is 32.2. The summed E-state index contributed by atoms with van der Waals surface area (Å²) in [4.78, 5) is 31.7. The van der Waals surface area contributed by atoms with Crippen LogP contribution in [0.2, 0.25) is 0 Å². The van der Waals surface area contributed by atoms with Gasteiger partial charge in [0.1, 0.15) is 5.75 Å². The zero-order valence-electron chi connectivity index (χ0n) is 16.4. The van der Waals surface area contributed by atoms with Crippen LogP contribution < -0.4 is 15.6 Å². The van der Waals surface area contributed by atoms with E-state index >= 15 is 0 Å². The van der Waals surface area contributed by atoms with Gasteiger partial charge in [-0.05, 0) is 24.3 Å². The summed E-state index contributed by atoms with van der Waals surface area (Å²) in [5, 5.41) is 3.24. The summed E-state index contributed by atoms with van der Waals surface area (Å²) < 4.78 is 5.87. The number of ether oxygens (including phenoxy) is 1. The van der Waals surface area contributed by atoms with E-state index in [-0.39, 0.29) is 17.2 Å². The number of H-pyrrole nitrogens is 1. The van der Waals surface area contributed by atoms with Crippen molar-refractivity contribution in [3.8, 4) is 22.8 Å². The maximum atomic E-state index is 12.5. The normalized spacial score (nSPS) is 10.5. The van der Waals surface area contributed by atoms with Crippen molar-refractivity contribution >= 4 is 23.4 Å². The van der Waals surface area contributed by atoms with E-state index in [1.807, 2.05) is 72.8 Å². The number of thioether (sulfide) groups is 1. The molecule has 4 rings (SSSR count). The molecule has 154 valence electrons. The molecule has 0 radical (unpaired) electrons. The Morgan fingerprint density at radius 2 is 1.61 bits per heavy atom. The number of aromatic amines is 1. The molecular weight excluding hydrogens is 410 g/mol. The smallest absolute Gasteiger partial charge is 0.252 e. The van der Waals surface area contributed by atoms with Gasteiger partial charge in [-0.2, -0.15) is 0 Å². The lowest BCUT2D eigenvalue weighted by Gasteiger charge is -2.12. The molecule has 4 aromatic rings. The fraction of sp³-hybridized carbons (Fsp3) is 0.0417. The minimum absolute atomic E-state index is 0.0842. The number of benzene rings is 3. The molecule has 1 amide bonds. The van der Waals surface area contributed by atoms with Crippen LogP contribution in [0.5, 0.6) is 11.5 Å². The van der Waals surface area contributed by atoms with E-state index in [9.17, 15) is 9.59 Å². The third kappa shape index (κ3) is 5.61. The Bertz CT molecular complexity index is 1230. The molecule has 1 heterocycles. The summed E-state index contributed by atoms with van der Waals surface area (Å²) in [6, 6.07) is 27.4. The Morgan fingerprint density at radius 1 is 0.935 bits per heavy atom. The van der Waals surface area contributed by atoms with Gasteiger partial charge in [-0.15, -0.1) is 0 Å². The largest absolute Gasteiger partial charge is 0.455 e. The Hall–Kier alpha value is -3.84. The second-order valence-electron chi connectivity index (χ2n) is 6.55. The van der Waals surface area contributed by atoms with Crippen LogP contribution in [0.25, 0.3) is 11.3 Å². The summed E-state index contributed by atoms with van der Waals surface area (Å²) in [5.74, 6) is 1.07. The van der Waals surface area contributed by atoms with Gasteiger partial charge in [0, 0.05) is 11.6 Å². The monoisotopic (exact) mass is 429 g/mol. The van der Waals surface area contributed by atoms with Crippen molar-refractivity contribution in [2.75, 3.05) is 11.1 Å². The fourth-order valence-electron chi connectivity index (χ4n) is 2.86. The number of hydrogen-bond acceptors (Lipinski definition) is 5. The van der Waals surface area contributed by atoms with Crippen LogP contribution in [-0.4, -0.2) is 21.6 Å². The number of hydrogen-bond donors (Lipinski definition) is 2. The third-order valence-electron chi connectivity index (χ3n) is 4.26. The van der Waals surface area contributed by atoms with Gasteiger partial charge in [-0.25, -0.2) is 4.98 Å². The van der Waals surface area contributed by atoms with Crippen LogP contribution in [0.15, 0.2) is 101 Å². The van der Waals surface area contributed by atoms with Gasteiger partial charge in [-0.1, -0.05) is 72.4 Å². The zero-order chi connectivity index (χ0) is 21.5. The van der Waals surface area contributed by atoms with Gasteiger partial charge in [-0.3, -0.25) is 9.59 Å². The van der Waals surface area contributed by atoms with Gasteiger partial charge in [0.25, 0.3) is 5.56 Å². The summed E-state index contributed by atoms with van der Waals surface area (Å²) in [6.07, 6.45) is 0. The van der Waals surface area contributed by atoms with Gasteiger partial charge >= 0.3 is 0 Å². The van der Waals surface area contributed by atoms with Crippen molar-refractivity contribution in [1.29, 1.82) is 0 Å². The number of para-hydroxylation sites is 3. The average molecular weight is 430 g/mol. The van der Waals surface area contributed by atoms with Crippen molar-refractivity contribution in [2.45, 2.75) is 5.16 Å². The summed E-state index contributed by atoms with van der Waals surface area (Å²) in [5.41, 5.74) is 1.70. The standard InChI is InChI=1S/C24H19N3O3S/c28-22-15-20(17-9-3-1-4-10-17)26-24(27-22)31-16-23(29)25-19-13-7-8-14-21(19)30-18-11-5-2-6-12-18/h1-15H,16H2,(H,25,29)(H,26,27,28). The summed E-state index contributed by atoms with van der Waals surface area (Å²) in [7, 11) is 0. The molecule has 0 saturated heterocycles. The van der Waals surface area contributed by atoms with E-state index < -0.39 is 0 Å². The van der Waals surface area contributed by atoms with Crippen LogP contribution >= 0.6 is 11.8 Å². The molecule has 31 heavy (non-hydrogen) atoms. The maximum absolute atomic E-state index is 12.5. The highest BCUT2D eigenvalue weighted by Crippen LogP contribution is 2.29. The van der Waals surface area contributed by atoms with E-state index in [4.69, 9.17) is 4.74 Å². The summed E-state index contributed by atoms with van der Waals surface area (Å²) in [6.45, 7) is 0. The Kier molecular flexibility index (Phi) is 6.44. The zero-order valence-corrected chi connectivity index (χ0v) is 17.3. The minimum atomic E-state index is -0.265. The van der Waals surface area contributed by atoms with E-state index in [1.165, 1.54) is 6.07 Å². The number of anilines is 1. The number of nitrogens with zero attached hydrogens (tertiary/aromatic N) is 1. The van der Waals surface area contributed by atoms with Crippen LogP contribution in [0, 0.1) is 0 Å². The molecule has 1 aromatic heterocycles. The van der Waals surface area contributed by atoms with Crippen molar-refractivity contribution in [2.24, 2.45) is 0 Å². The second-order valence-corrected chi connectivity index (χ2v) is 7.51. The molecule has 3 aromatic carbocycles. The third-order valence-corrected chi connectivity index (χ3v) is 5.13. The number of nitrogens with one attached hydrogen (secondary N) is 2. The molecular formula is C24H19N3O3S. The minimum Gasteiger partial charge on any atom is -0.455 e. The molecule has 2 N–H and O–H groups in total. The van der Waals surface area contributed by atoms with E-state index in [0.717, 1.165) is 17.3 Å². The first-order valence-corrected chi connectivity index (χ1v) is 10.6. The average Bonchev–Trinajstić information content (AvgIpc) is 2.80. The molecule has 0 saturated carbocycles. The molecule has 7 heteroatoms.